The largest absolute Gasteiger partial charge is 0.487 e. The number of fused-ring (bicyclic) bond motifs is 4. The van der Waals surface area contributed by atoms with Crippen LogP contribution in [0.3, 0.4) is 0 Å². The summed E-state index contributed by atoms with van der Waals surface area (Å²) >= 11 is 4.80. The molecule has 6 rings (SSSR count). The van der Waals surface area contributed by atoms with Crippen molar-refractivity contribution in [1.82, 2.24) is 19.4 Å². The molecule has 4 aromatic rings. The van der Waals surface area contributed by atoms with Crippen LogP contribution in [0, 0.1) is 0 Å². The number of nitrogens with zero attached hydrogens (tertiary/aromatic N) is 4. The molecule has 0 unspecified atom stereocenters. The molecule has 1 N–H and O–H groups in total. The minimum absolute atomic E-state index is 0.0449. The van der Waals surface area contributed by atoms with Crippen molar-refractivity contribution >= 4 is 50.0 Å². The van der Waals surface area contributed by atoms with E-state index in [2.05, 4.69) is 20.0 Å². The second-order valence-electron chi connectivity index (χ2n) is 10.0. The molecule has 4 heterocycles. The lowest BCUT2D eigenvalue weighted by molar-refractivity contribution is -0.0964. The van der Waals surface area contributed by atoms with Gasteiger partial charge < -0.3 is 19.5 Å². The molecule has 41 heavy (non-hydrogen) atoms. The fraction of sp³-hybridized carbons (Fsp3) is 0.259. The van der Waals surface area contributed by atoms with E-state index in [1.807, 2.05) is 6.92 Å². The molecule has 0 aliphatic carbocycles. The number of sulfone groups is 1. The number of nitrogens with one attached hydrogen (secondary N) is 1. The smallest absolute Gasteiger partial charge is 0.420 e. The molecule has 10 nitrogen and oxygen atoms in total. The van der Waals surface area contributed by atoms with E-state index in [-0.39, 0.29) is 45.4 Å². The lowest BCUT2D eigenvalue weighted by Crippen LogP contribution is -2.24. The summed E-state index contributed by atoms with van der Waals surface area (Å²) in [6.07, 6.45) is 1.98. The zero-order valence-corrected chi connectivity index (χ0v) is 23.3. The number of carbonyl (C=O) groups is 2. The topological polar surface area (TPSA) is 123 Å². The molecule has 2 amide bonds. The molecule has 0 saturated heterocycles. The Morgan fingerprint density at radius 3 is 2.61 bits per heavy atom. The van der Waals surface area contributed by atoms with E-state index in [1.54, 1.807) is 34.8 Å². The molecule has 1 atom stereocenters. The van der Waals surface area contributed by atoms with Gasteiger partial charge in [-0.05, 0) is 55.8 Å². The van der Waals surface area contributed by atoms with Gasteiger partial charge in [0.15, 0.2) is 0 Å². The van der Waals surface area contributed by atoms with Crippen molar-refractivity contribution in [2.24, 2.45) is 0 Å². The third-order valence-corrected chi connectivity index (χ3v) is 8.82. The standard InChI is InChI=1S/C27H22ClF2N5O5S/c1-14-7-8-41(38,39)26-33-21-11-15(24(36)32-17-3-5-18(6-4-17)40-27(28,29)30)9-19(23(21)35(14)26)16-10-20-22(31-12-16)13-34(2)25(20)37/h3-6,9-12,14H,7-8,13H2,1-2H3,(H,32,36)/t14-/m1/s1. The zero-order valence-electron chi connectivity index (χ0n) is 21.7. The zero-order chi connectivity index (χ0) is 29.3. The number of hydrogen-bond acceptors (Lipinski definition) is 7. The molecule has 0 radical (unpaired) electrons. The number of hydrogen-bond donors (Lipinski definition) is 1. The number of halogens is 3. The van der Waals surface area contributed by atoms with Crippen molar-refractivity contribution < 1.29 is 31.5 Å². The molecule has 0 fully saturated rings. The van der Waals surface area contributed by atoms with Gasteiger partial charge in [-0.25, -0.2) is 13.4 Å². The van der Waals surface area contributed by atoms with E-state index in [0.717, 1.165) is 0 Å². The molecular weight excluding hydrogens is 580 g/mol. The Kier molecular flexibility index (Phi) is 6.27. The molecule has 0 saturated carbocycles. The summed E-state index contributed by atoms with van der Waals surface area (Å²) in [6.45, 7) is 2.27. The summed E-state index contributed by atoms with van der Waals surface area (Å²) < 4.78 is 57.7. The second-order valence-corrected chi connectivity index (χ2v) is 12.5. The SMILES string of the molecule is C[C@@H]1CCS(=O)(=O)c2nc3cc(C(=O)Nc4ccc(OC(F)(F)Cl)cc4)cc(-c4cnc5c(c4)C(=O)N(C)C5)c3n21. The van der Waals surface area contributed by atoms with Crippen molar-refractivity contribution in [3.8, 4) is 16.9 Å². The number of amides is 2. The number of imidazole rings is 1. The number of benzene rings is 2. The first-order valence-electron chi connectivity index (χ1n) is 12.5. The number of carbonyl (C=O) groups excluding carboxylic acids is 2. The Bertz CT molecular complexity index is 1850. The average Bonchev–Trinajstić information content (AvgIpc) is 3.44. The van der Waals surface area contributed by atoms with Crippen LogP contribution in [0.25, 0.3) is 22.2 Å². The normalized spacial score (nSPS) is 17.8. The molecule has 2 aromatic carbocycles. The van der Waals surface area contributed by atoms with Gasteiger partial charge >= 0.3 is 5.57 Å². The summed E-state index contributed by atoms with van der Waals surface area (Å²) in [5, 5.41) is 2.61. The first-order chi connectivity index (χ1) is 19.3. The Balaban J connectivity index is 1.46. The van der Waals surface area contributed by atoms with Crippen LogP contribution in [0.5, 0.6) is 5.75 Å². The molecule has 0 bridgehead atoms. The van der Waals surface area contributed by atoms with E-state index >= 15 is 0 Å². The highest BCUT2D eigenvalue weighted by Gasteiger charge is 2.34. The van der Waals surface area contributed by atoms with Gasteiger partial charge in [-0.15, -0.1) is 8.78 Å². The van der Waals surface area contributed by atoms with Gasteiger partial charge in [-0.3, -0.25) is 14.6 Å². The van der Waals surface area contributed by atoms with Crippen molar-refractivity contribution in [3.05, 3.63) is 65.5 Å². The Hall–Kier alpha value is -4.10. The fourth-order valence-electron chi connectivity index (χ4n) is 5.13. The van der Waals surface area contributed by atoms with E-state index in [9.17, 15) is 26.8 Å². The predicted octanol–water partition coefficient (Wildman–Crippen LogP) is 4.84. The van der Waals surface area contributed by atoms with E-state index < -0.39 is 21.3 Å². The third kappa shape index (κ3) is 4.88. The van der Waals surface area contributed by atoms with Crippen LogP contribution in [0.4, 0.5) is 14.5 Å². The number of aromatic nitrogens is 3. The van der Waals surface area contributed by atoms with Crippen molar-refractivity contribution in [2.45, 2.75) is 36.7 Å². The summed E-state index contributed by atoms with van der Waals surface area (Å²) in [7, 11) is -1.99. The molecule has 2 aliphatic heterocycles. The van der Waals surface area contributed by atoms with Crippen molar-refractivity contribution in [2.75, 3.05) is 18.1 Å². The van der Waals surface area contributed by atoms with Gasteiger partial charge in [0.2, 0.25) is 15.0 Å². The molecule has 2 aromatic heterocycles. The van der Waals surface area contributed by atoms with Crippen molar-refractivity contribution in [3.63, 3.8) is 0 Å². The number of anilines is 1. The number of rotatable bonds is 5. The second kappa shape index (κ2) is 9.48. The summed E-state index contributed by atoms with van der Waals surface area (Å²) in [6, 6.07) is 9.77. The van der Waals surface area contributed by atoms with Crippen LogP contribution < -0.4 is 10.1 Å². The Morgan fingerprint density at radius 2 is 1.90 bits per heavy atom. The van der Waals surface area contributed by atoms with Crippen LogP contribution in [0.15, 0.2) is 53.8 Å². The van der Waals surface area contributed by atoms with E-state index in [1.165, 1.54) is 30.3 Å². The first-order valence-corrected chi connectivity index (χ1v) is 14.5. The van der Waals surface area contributed by atoms with E-state index in [4.69, 9.17) is 11.6 Å². The maximum Gasteiger partial charge on any atom is 0.487 e. The van der Waals surface area contributed by atoms with Gasteiger partial charge in [0.05, 0.1) is 34.6 Å². The number of ether oxygens (including phenoxy) is 1. The lowest BCUT2D eigenvalue weighted by atomic mass is 9.99. The van der Waals surface area contributed by atoms with Crippen LogP contribution in [-0.4, -0.2) is 58.0 Å². The molecule has 2 aliphatic rings. The Labute approximate surface area is 237 Å². The number of pyridine rings is 1. The third-order valence-electron chi connectivity index (χ3n) is 7.13. The van der Waals surface area contributed by atoms with Crippen LogP contribution >= 0.6 is 11.6 Å². The van der Waals surface area contributed by atoms with Crippen LogP contribution in [-0.2, 0) is 16.4 Å². The first kappa shape index (κ1) is 27.1. The average molecular weight is 602 g/mol. The quantitative estimate of drug-likeness (QED) is 0.325. The maximum atomic E-state index is 13.4. The van der Waals surface area contributed by atoms with E-state index in [0.29, 0.717) is 40.9 Å². The van der Waals surface area contributed by atoms with Gasteiger partial charge in [0.25, 0.3) is 11.8 Å². The van der Waals surface area contributed by atoms with Crippen LogP contribution in [0.2, 0.25) is 0 Å². The van der Waals surface area contributed by atoms with Gasteiger partial charge in [0, 0.05) is 53.3 Å². The minimum Gasteiger partial charge on any atom is -0.420 e. The Morgan fingerprint density at radius 1 is 1.17 bits per heavy atom. The molecule has 14 heteroatoms. The van der Waals surface area contributed by atoms with Crippen LogP contribution in [0.1, 0.15) is 45.8 Å². The lowest BCUT2D eigenvalue weighted by Gasteiger charge is -2.23. The molecule has 212 valence electrons. The number of alkyl halides is 3. The summed E-state index contributed by atoms with van der Waals surface area (Å²) in [4.78, 5) is 36.5. The van der Waals surface area contributed by atoms with Gasteiger partial charge in [-0.1, -0.05) is 0 Å². The van der Waals surface area contributed by atoms with Gasteiger partial charge in [0.1, 0.15) is 5.75 Å². The highest BCUT2D eigenvalue weighted by atomic mass is 35.5. The summed E-state index contributed by atoms with van der Waals surface area (Å²) in [5.41, 5.74) is -0.575. The van der Waals surface area contributed by atoms with Gasteiger partial charge in [-0.2, -0.15) is 0 Å². The fourth-order valence-corrected chi connectivity index (χ4v) is 6.86. The summed E-state index contributed by atoms with van der Waals surface area (Å²) in [5.74, 6) is -0.993. The monoisotopic (exact) mass is 601 g/mol. The maximum absolute atomic E-state index is 13.4. The highest BCUT2D eigenvalue weighted by Crippen LogP contribution is 2.38. The molecular formula is C27H22ClF2N5O5S. The predicted molar refractivity (Wildman–Crippen MR) is 146 cm³/mol. The van der Waals surface area contributed by atoms with Crippen molar-refractivity contribution in [1.29, 1.82) is 0 Å². The molecule has 0 spiro atoms. The highest BCUT2D eigenvalue weighted by molar-refractivity contribution is 7.91. The minimum atomic E-state index is -3.88.